The lowest BCUT2D eigenvalue weighted by Gasteiger charge is -2.15. The fourth-order valence-electron chi connectivity index (χ4n) is 1.72. The monoisotopic (exact) mass is 303 g/mol. The van der Waals surface area contributed by atoms with Gasteiger partial charge in [0.25, 0.3) is 0 Å². The van der Waals surface area contributed by atoms with E-state index in [1.54, 1.807) is 0 Å². The number of halogens is 4. The van der Waals surface area contributed by atoms with Crippen molar-refractivity contribution in [1.29, 1.82) is 0 Å². The zero-order valence-corrected chi connectivity index (χ0v) is 10.6. The van der Waals surface area contributed by atoms with Gasteiger partial charge in [-0.2, -0.15) is 8.78 Å². The van der Waals surface area contributed by atoms with E-state index in [1.807, 2.05) is 0 Å². The van der Waals surface area contributed by atoms with Gasteiger partial charge in [-0.25, -0.2) is 13.5 Å². The SMILES string of the molecule is Cn1nnnc1C(=NO)c1cccc(C(F)(F)CF)c1F. The molecule has 112 valence electrons. The molecule has 0 fully saturated rings. The van der Waals surface area contributed by atoms with Crippen molar-refractivity contribution in [3.05, 3.63) is 41.0 Å². The minimum atomic E-state index is -3.99. The van der Waals surface area contributed by atoms with E-state index in [0.717, 1.165) is 22.9 Å². The van der Waals surface area contributed by atoms with Gasteiger partial charge in [0.2, 0.25) is 5.82 Å². The molecule has 0 radical (unpaired) electrons. The van der Waals surface area contributed by atoms with Crippen molar-refractivity contribution in [3.63, 3.8) is 0 Å². The van der Waals surface area contributed by atoms with Crippen LogP contribution in [-0.4, -0.2) is 37.8 Å². The minimum absolute atomic E-state index is 0.142. The molecule has 0 saturated heterocycles. The van der Waals surface area contributed by atoms with E-state index in [0.29, 0.717) is 0 Å². The summed E-state index contributed by atoms with van der Waals surface area (Å²) in [6.07, 6.45) is 0. The molecule has 0 aliphatic carbocycles. The normalized spacial score (nSPS) is 12.7. The zero-order chi connectivity index (χ0) is 15.6. The van der Waals surface area contributed by atoms with Crippen LogP contribution in [0.5, 0.6) is 0 Å². The molecule has 0 bridgehead atoms. The number of hydrogen-bond donors (Lipinski definition) is 1. The maximum atomic E-state index is 14.2. The predicted molar refractivity (Wildman–Crippen MR) is 62.5 cm³/mol. The van der Waals surface area contributed by atoms with Crippen molar-refractivity contribution < 1.29 is 22.8 Å². The standard InChI is InChI=1S/C11H9F4N5O/c1-20-10(16-18-19-20)9(17-21)6-3-2-4-7(8(6)13)11(14,15)5-12/h2-4,21H,5H2,1H3. The number of oxime groups is 1. The maximum Gasteiger partial charge on any atom is 0.303 e. The van der Waals surface area contributed by atoms with E-state index < -0.39 is 35.3 Å². The Balaban J connectivity index is 2.60. The largest absolute Gasteiger partial charge is 0.410 e. The Kier molecular flexibility index (Phi) is 3.87. The molecular formula is C11H9F4N5O. The molecule has 0 amide bonds. The third-order valence-electron chi connectivity index (χ3n) is 2.75. The van der Waals surface area contributed by atoms with Gasteiger partial charge in [-0.1, -0.05) is 11.2 Å². The lowest BCUT2D eigenvalue weighted by Crippen LogP contribution is -2.21. The Hall–Kier alpha value is -2.52. The highest BCUT2D eigenvalue weighted by Gasteiger charge is 2.36. The van der Waals surface area contributed by atoms with E-state index >= 15 is 0 Å². The Morgan fingerprint density at radius 3 is 2.67 bits per heavy atom. The van der Waals surface area contributed by atoms with Crippen LogP contribution < -0.4 is 0 Å². The second-order valence-corrected chi connectivity index (χ2v) is 4.08. The summed E-state index contributed by atoms with van der Waals surface area (Å²) in [4.78, 5) is 0. The molecule has 1 N–H and O–H groups in total. The van der Waals surface area contributed by atoms with Gasteiger partial charge < -0.3 is 5.21 Å². The molecule has 0 unspecified atom stereocenters. The Morgan fingerprint density at radius 1 is 1.43 bits per heavy atom. The quantitative estimate of drug-likeness (QED) is 0.403. The third-order valence-corrected chi connectivity index (χ3v) is 2.75. The van der Waals surface area contributed by atoms with Crippen LogP contribution in [0.4, 0.5) is 17.6 Å². The second-order valence-electron chi connectivity index (χ2n) is 4.08. The molecule has 0 aliphatic rings. The third kappa shape index (κ3) is 2.56. The number of nitrogens with zero attached hydrogens (tertiary/aromatic N) is 5. The van der Waals surface area contributed by atoms with Crippen LogP contribution in [0.2, 0.25) is 0 Å². The molecule has 0 aliphatic heterocycles. The molecule has 6 nitrogen and oxygen atoms in total. The summed E-state index contributed by atoms with van der Waals surface area (Å²) in [5.41, 5.74) is -2.06. The van der Waals surface area contributed by atoms with Crippen molar-refractivity contribution in [1.82, 2.24) is 20.2 Å². The van der Waals surface area contributed by atoms with Gasteiger partial charge in [0.15, 0.2) is 12.4 Å². The molecule has 1 aromatic carbocycles. The smallest absolute Gasteiger partial charge is 0.303 e. The van der Waals surface area contributed by atoms with Gasteiger partial charge in [-0.15, -0.1) is 5.10 Å². The van der Waals surface area contributed by atoms with E-state index in [1.165, 1.54) is 7.05 Å². The van der Waals surface area contributed by atoms with Gasteiger partial charge in [-0.05, 0) is 22.6 Å². The first kappa shape index (κ1) is 14.9. The molecule has 10 heteroatoms. The van der Waals surface area contributed by atoms with Gasteiger partial charge in [-0.3, -0.25) is 0 Å². The summed E-state index contributed by atoms with van der Waals surface area (Å²) in [6.45, 7) is -2.05. The van der Waals surface area contributed by atoms with Crippen LogP contribution in [0.25, 0.3) is 0 Å². The van der Waals surface area contributed by atoms with E-state index in [-0.39, 0.29) is 5.82 Å². The summed E-state index contributed by atoms with van der Waals surface area (Å²) in [7, 11) is 1.39. The van der Waals surface area contributed by atoms with Crippen molar-refractivity contribution >= 4 is 5.71 Å². The average Bonchev–Trinajstić information content (AvgIpc) is 2.87. The summed E-state index contributed by atoms with van der Waals surface area (Å²) >= 11 is 0. The fraction of sp³-hybridized carbons (Fsp3) is 0.273. The van der Waals surface area contributed by atoms with E-state index in [9.17, 15) is 17.6 Å². The zero-order valence-electron chi connectivity index (χ0n) is 10.6. The van der Waals surface area contributed by atoms with E-state index in [4.69, 9.17) is 5.21 Å². The molecule has 1 heterocycles. The Labute approximate surface area is 115 Å². The van der Waals surface area contributed by atoms with Gasteiger partial charge in [0.1, 0.15) is 5.82 Å². The molecule has 2 rings (SSSR count). The van der Waals surface area contributed by atoms with Crippen molar-refractivity contribution in [2.24, 2.45) is 12.2 Å². The van der Waals surface area contributed by atoms with Crippen LogP contribution in [0.15, 0.2) is 23.4 Å². The number of tetrazole rings is 1. The summed E-state index contributed by atoms with van der Waals surface area (Å²) in [5.74, 6) is -5.54. The van der Waals surface area contributed by atoms with Crippen molar-refractivity contribution in [3.8, 4) is 0 Å². The molecular weight excluding hydrogens is 294 g/mol. The first-order chi connectivity index (χ1) is 9.92. The number of alkyl halides is 3. The van der Waals surface area contributed by atoms with Crippen molar-refractivity contribution in [2.75, 3.05) is 6.67 Å². The fourth-order valence-corrected chi connectivity index (χ4v) is 1.72. The number of rotatable bonds is 4. The lowest BCUT2D eigenvalue weighted by atomic mass is 10.0. The highest BCUT2D eigenvalue weighted by Crippen LogP contribution is 2.32. The summed E-state index contributed by atoms with van der Waals surface area (Å²) in [6, 6.07) is 2.94. The first-order valence-electron chi connectivity index (χ1n) is 5.60. The number of hydrogen-bond acceptors (Lipinski definition) is 5. The number of aryl methyl sites for hydroxylation is 1. The van der Waals surface area contributed by atoms with Crippen LogP contribution in [0.1, 0.15) is 17.0 Å². The second kappa shape index (κ2) is 5.46. The van der Waals surface area contributed by atoms with Crippen LogP contribution >= 0.6 is 0 Å². The summed E-state index contributed by atoms with van der Waals surface area (Å²) < 4.78 is 54.3. The molecule has 2 aromatic rings. The molecule has 0 spiro atoms. The lowest BCUT2D eigenvalue weighted by molar-refractivity contribution is -0.0311. The van der Waals surface area contributed by atoms with Crippen LogP contribution in [-0.2, 0) is 13.0 Å². The number of benzene rings is 1. The highest BCUT2D eigenvalue weighted by molar-refractivity contribution is 6.10. The number of aromatic nitrogens is 4. The Bertz CT molecular complexity index is 685. The first-order valence-corrected chi connectivity index (χ1v) is 5.60. The average molecular weight is 303 g/mol. The minimum Gasteiger partial charge on any atom is -0.410 e. The van der Waals surface area contributed by atoms with E-state index in [2.05, 4.69) is 20.7 Å². The Morgan fingerprint density at radius 2 is 2.14 bits per heavy atom. The van der Waals surface area contributed by atoms with Crippen LogP contribution in [0, 0.1) is 5.82 Å². The van der Waals surface area contributed by atoms with Crippen LogP contribution in [0.3, 0.4) is 0 Å². The highest BCUT2D eigenvalue weighted by atomic mass is 19.3. The van der Waals surface area contributed by atoms with Gasteiger partial charge >= 0.3 is 5.92 Å². The molecule has 1 aromatic heterocycles. The molecule has 21 heavy (non-hydrogen) atoms. The van der Waals surface area contributed by atoms with Gasteiger partial charge in [0, 0.05) is 12.6 Å². The van der Waals surface area contributed by atoms with Gasteiger partial charge in [0.05, 0.1) is 5.56 Å². The molecule has 0 atom stereocenters. The topological polar surface area (TPSA) is 76.2 Å². The summed E-state index contributed by atoms with van der Waals surface area (Å²) in [5, 5.41) is 22.1. The van der Waals surface area contributed by atoms with Crippen molar-refractivity contribution in [2.45, 2.75) is 5.92 Å². The maximum absolute atomic E-state index is 14.2. The predicted octanol–water partition coefficient (Wildman–Crippen LogP) is 1.64. The molecule has 0 saturated carbocycles.